The van der Waals surface area contributed by atoms with Crippen LogP contribution in [0, 0.1) is 12.3 Å². The van der Waals surface area contributed by atoms with Crippen molar-refractivity contribution in [3.8, 4) is 0 Å². The Morgan fingerprint density at radius 2 is 2.06 bits per heavy atom. The van der Waals surface area contributed by atoms with E-state index in [1.165, 1.54) is 0 Å². The topological polar surface area (TPSA) is 32.3 Å². The van der Waals surface area contributed by atoms with Gasteiger partial charge in [0.25, 0.3) is 0 Å². The van der Waals surface area contributed by atoms with Crippen LogP contribution in [0.15, 0.2) is 12.1 Å². The summed E-state index contributed by atoms with van der Waals surface area (Å²) in [6.45, 7) is 6.46. The van der Waals surface area contributed by atoms with Crippen molar-refractivity contribution in [1.82, 2.24) is 0 Å². The fraction of sp³-hybridized carbons (Fsp3) is 0.462. The third-order valence-electron chi connectivity index (χ3n) is 3.30. The van der Waals surface area contributed by atoms with Gasteiger partial charge in [-0.2, -0.15) is 0 Å². The molecule has 0 atom stereocenters. The number of halogens is 1. The maximum Gasteiger partial charge on any atom is 0.234 e. The van der Waals surface area contributed by atoms with Crippen molar-refractivity contribution in [2.75, 3.05) is 23.8 Å². The Labute approximate surface area is 107 Å². The van der Waals surface area contributed by atoms with Gasteiger partial charge in [-0.1, -0.05) is 11.6 Å². The number of hydrogen-bond acceptors (Lipinski definition) is 2. The van der Waals surface area contributed by atoms with Crippen molar-refractivity contribution in [3.05, 3.63) is 22.7 Å². The minimum atomic E-state index is -0.410. The van der Waals surface area contributed by atoms with Gasteiger partial charge in [0, 0.05) is 18.6 Å². The minimum absolute atomic E-state index is 0.106. The zero-order chi connectivity index (χ0) is 12.8. The first-order valence-corrected chi connectivity index (χ1v) is 6.03. The van der Waals surface area contributed by atoms with Gasteiger partial charge >= 0.3 is 0 Å². The Morgan fingerprint density at radius 3 is 2.71 bits per heavy atom. The number of benzene rings is 1. The lowest BCUT2D eigenvalue weighted by molar-refractivity contribution is -0.125. The van der Waals surface area contributed by atoms with Gasteiger partial charge in [-0.3, -0.25) is 4.79 Å². The summed E-state index contributed by atoms with van der Waals surface area (Å²) in [6, 6.07) is 3.79. The van der Waals surface area contributed by atoms with E-state index >= 15 is 0 Å². The molecule has 4 heteroatoms. The van der Waals surface area contributed by atoms with Crippen molar-refractivity contribution < 1.29 is 4.79 Å². The second-order valence-electron chi connectivity index (χ2n) is 5.17. The Balaban J connectivity index is 2.60. The van der Waals surface area contributed by atoms with Crippen LogP contribution < -0.4 is 10.2 Å². The molecular weight excluding hydrogens is 236 g/mol. The molecule has 0 aliphatic carbocycles. The highest BCUT2D eigenvalue weighted by Gasteiger charge is 2.35. The summed E-state index contributed by atoms with van der Waals surface area (Å²) in [5.74, 6) is 0.106. The molecule has 0 bridgehead atoms. The average Bonchev–Trinajstić information content (AvgIpc) is 2.35. The van der Waals surface area contributed by atoms with Crippen LogP contribution in [0.4, 0.5) is 11.4 Å². The molecule has 1 amide bonds. The Morgan fingerprint density at radius 1 is 1.41 bits per heavy atom. The smallest absolute Gasteiger partial charge is 0.234 e. The molecule has 1 aromatic carbocycles. The summed E-state index contributed by atoms with van der Waals surface area (Å²) in [5, 5.41) is 4.01. The molecule has 0 radical (unpaired) electrons. The van der Waals surface area contributed by atoms with Crippen LogP contribution in [0.25, 0.3) is 0 Å². The highest BCUT2D eigenvalue weighted by Crippen LogP contribution is 2.38. The summed E-state index contributed by atoms with van der Waals surface area (Å²) in [4.78, 5) is 14.0. The maximum absolute atomic E-state index is 12.3. The summed E-state index contributed by atoms with van der Waals surface area (Å²) in [6.07, 6.45) is 0. The predicted octanol–water partition coefficient (Wildman–Crippen LogP) is 3.06. The highest BCUT2D eigenvalue weighted by molar-refractivity contribution is 6.32. The lowest BCUT2D eigenvalue weighted by Gasteiger charge is -2.26. The molecular formula is C13H17ClN2O. The van der Waals surface area contributed by atoms with Crippen LogP contribution in [0.5, 0.6) is 0 Å². The maximum atomic E-state index is 12.3. The van der Waals surface area contributed by atoms with Crippen LogP contribution in [-0.2, 0) is 4.79 Å². The third-order valence-corrected chi connectivity index (χ3v) is 3.71. The molecule has 1 N–H and O–H groups in total. The van der Waals surface area contributed by atoms with E-state index in [-0.39, 0.29) is 5.91 Å². The van der Waals surface area contributed by atoms with Gasteiger partial charge in [-0.25, -0.2) is 0 Å². The number of hydrogen-bond donors (Lipinski definition) is 1. The quantitative estimate of drug-likeness (QED) is 0.770. The first kappa shape index (κ1) is 12.2. The van der Waals surface area contributed by atoms with E-state index in [0.29, 0.717) is 11.6 Å². The van der Waals surface area contributed by atoms with Crippen molar-refractivity contribution in [2.45, 2.75) is 20.8 Å². The highest BCUT2D eigenvalue weighted by atomic mass is 35.5. The first-order chi connectivity index (χ1) is 7.84. The van der Waals surface area contributed by atoms with E-state index in [2.05, 4.69) is 5.32 Å². The van der Waals surface area contributed by atoms with E-state index < -0.39 is 5.41 Å². The Kier molecular flexibility index (Phi) is 2.82. The third kappa shape index (κ3) is 1.89. The van der Waals surface area contributed by atoms with Crippen molar-refractivity contribution in [2.24, 2.45) is 5.41 Å². The zero-order valence-electron chi connectivity index (χ0n) is 10.6. The van der Waals surface area contributed by atoms with Crippen LogP contribution in [0.3, 0.4) is 0 Å². The molecule has 1 heterocycles. The van der Waals surface area contributed by atoms with E-state index in [9.17, 15) is 4.79 Å². The fourth-order valence-corrected chi connectivity index (χ4v) is 2.35. The van der Waals surface area contributed by atoms with Gasteiger partial charge < -0.3 is 10.2 Å². The van der Waals surface area contributed by atoms with E-state index in [0.717, 1.165) is 16.9 Å². The number of carbonyl (C=O) groups is 1. The molecule has 0 aromatic heterocycles. The van der Waals surface area contributed by atoms with Crippen LogP contribution in [0.2, 0.25) is 5.02 Å². The number of nitrogens with zero attached hydrogens (tertiary/aromatic N) is 1. The number of amides is 1. The van der Waals surface area contributed by atoms with Gasteiger partial charge in [-0.15, -0.1) is 0 Å². The number of carbonyl (C=O) groups excluding carboxylic acids is 1. The minimum Gasteiger partial charge on any atom is -0.382 e. The summed E-state index contributed by atoms with van der Waals surface area (Å²) >= 11 is 6.12. The van der Waals surface area contributed by atoms with Gasteiger partial charge in [0.15, 0.2) is 0 Å². The molecule has 0 saturated carbocycles. The molecule has 0 spiro atoms. The molecule has 1 aliphatic heterocycles. The van der Waals surface area contributed by atoms with Crippen molar-refractivity contribution in [3.63, 3.8) is 0 Å². The van der Waals surface area contributed by atoms with Gasteiger partial charge in [0.2, 0.25) is 5.91 Å². The summed E-state index contributed by atoms with van der Waals surface area (Å²) in [5.41, 5.74) is 2.37. The van der Waals surface area contributed by atoms with E-state index in [1.54, 1.807) is 11.9 Å². The number of anilines is 2. The first-order valence-electron chi connectivity index (χ1n) is 5.66. The van der Waals surface area contributed by atoms with E-state index in [4.69, 9.17) is 11.6 Å². The van der Waals surface area contributed by atoms with Gasteiger partial charge in [0.1, 0.15) is 0 Å². The Hall–Kier alpha value is -1.22. The molecule has 0 saturated heterocycles. The summed E-state index contributed by atoms with van der Waals surface area (Å²) < 4.78 is 0. The van der Waals surface area contributed by atoms with Crippen LogP contribution >= 0.6 is 11.6 Å². The number of nitrogens with one attached hydrogen (secondary N) is 1. The second kappa shape index (κ2) is 3.91. The van der Waals surface area contributed by atoms with Crippen LogP contribution in [0.1, 0.15) is 19.4 Å². The van der Waals surface area contributed by atoms with Crippen molar-refractivity contribution >= 4 is 28.9 Å². The fourth-order valence-electron chi connectivity index (χ4n) is 2.20. The average molecular weight is 253 g/mol. The molecule has 1 aromatic rings. The van der Waals surface area contributed by atoms with Crippen molar-refractivity contribution in [1.29, 1.82) is 0 Å². The molecule has 1 aliphatic rings. The van der Waals surface area contributed by atoms with Gasteiger partial charge in [-0.05, 0) is 38.5 Å². The number of fused-ring (bicyclic) bond motifs is 1. The second-order valence-corrected chi connectivity index (χ2v) is 5.58. The molecule has 3 nitrogen and oxygen atoms in total. The van der Waals surface area contributed by atoms with Crippen LogP contribution in [-0.4, -0.2) is 19.5 Å². The molecule has 0 fully saturated rings. The molecule has 2 rings (SSSR count). The standard InChI is InChI=1S/C13H17ClN2O/c1-8-9(14)5-6-10-11(8)16(4)12(17)13(2,3)7-15-10/h5-6,15H,7H2,1-4H3. The SMILES string of the molecule is Cc1c(Cl)ccc2c1N(C)C(=O)C(C)(C)CN2. The number of rotatable bonds is 0. The monoisotopic (exact) mass is 252 g/mol. The normalized spacial score (nSPS) is 18.4. The summed E-state index contributed by atoms with van der Waals surface area (Å²) in [7, 11) is 1.80. The van der Waals surface area contributed by atoms with Gasteiger partial charge in [0.05, 0.1) is 16.8 Å². The molecule has 0 unspecified atom stereocenters. The van der Waals surface area contributed by atoms with E-state index in [1.807, 2.05) is 32.9 Å². The zero-order valence-corrected chi connectivity index (χ0v) is 11.4. The largest absolute Gasteiger partial charge is 0.382 e. The Bertz CT molecular complexity index is 483. The molecule has 92 valence electrons. The lowest BCUT2D eigenvalue weighted by atomic mass is 9.92. The lowest BCUT2D eigenvalue weighted by Crippen LogP contribution is -2.40. The predicted molar refractivity (Wildman–Crippen MR) is 71.9 cm³/mol. The molecule has 17 heavy (non-hydrogen) atoms.